The van der Waals surface area contributed by atoms with Gasteiger partial charge in [0, 0.05) is 17.6 Å². The van der Waals surface area contributed by atoms with E-state index in [1.807, 2.05) is 86.7 Å². The van der Waals surface area contributed by atoms with Crippen LogP contribution in [0.25, 0.3) is 11.6 Å². The van der Waals surface area contributed by atoms with E-state index in [1.54, 1.807) is 0 Å². The van der Waals surface area contributed by atoms with Gasteiger partial charge in [-0.2, -0.15) is 0 Å². The van der Waals surface area contributed by atoms with Crippen LogP contribution in [-0.2, 0) is 4.79 Å². The van der Waals surface area contributed by atoms with Crippen LogP contribution in [0.2, 0.25) is 0 Å². The number of hydrogen-bond donors (Lipinski definition) is 1. The van der Waals surface area contributed by atoms with Gasteiger partial charge in [-0.25, -0.2) is 0 Å². The second-order valence-corrected chi connectivity index (χ2v) is 8.36. The number of rotatable bonds is 6. The molecular weight excluding hydrogens is 398 g/mol. The molecule has 32 heavy (non-hydrogen) atoms. The highest BCUT2D eigenvalue weighted by molar-refractivity contribution is 6.24. The summed E-state index contributed by atoms with van der Waals surface area (Å²) in [7, 11) is 0. The number of amides is 1. The van der Waals surface area contributed by atoms with Gasteiger partial charge in [0.05, 0.1) is 18.8 Å². The molecule has 3 aromatic rings. The van der Waals surface area contributed by atoms with Crippen LogP contribution in [0, 0.1) is 6.92 Å². The first-order valence-electron chi connectivity index (χ1n) is 11.1. The minimum Gasteiger partial charge on any atom is -0.493 e. The van der Waals surface area contributed by atoms with Gasteiger partial charge in [-0.3, -0.25) is 4.79 Å². The quantitative estimate of drug-likeness (QED) is 0.390. The van der Waals surface area contributed by atoms with Gasteiger partial charge >= 0.3 is 0 Å². The summed E-state index contributed by atoms with van der Waals surface area (Å²) in [5.41, 5.74) is 4.63. The standard InChI is InChI=1S/C28H29NO3/c1-19(2)32-23-12-10-21(11-13-23)18-24(22-7-5-4-6-8-22)28(30)29-26-15-16-31-27-14-9-20(3)17-25(26)27/h4-14,17-19,26H,15-16H2,1-3H3,(H,29,30)/b24-18+. The summed E-state index contributed by atoms with van der Waals surface area (Å²) in [6, 6.07) is 23.6. The van der Waals surface area contributed by atoms with E-state index in [2.05, 4.69) is 18.3 Å². The molecule has 1 amide bonds. The Bertz CT molecular complexity index is 1100. The SMILES string of the molecule is Cc1ccc2c(c1)C(NC(=O)/C(=C/c1ccc(OC(C)C)cc1)c1ccccc1)CCO2. The van der Waals surface area contributed by atoms with E-state index in [0.717, 1.165) is 40.2 Å². The molecule has 0 radical (unpaired) electrons. The monoisotopic (exact) mass is 427 g/mol. The molecule has 1 N–H and O–H groups in total. The normalized spacial score (nSPS) is 15.6. The van der Waals surface area contributed by atoms with Gasteiger partial charge < -0.3 is 14.8 Å². The van der Waals surface area contributed by atoms with Crippen LogP contribution in [0.5, 0.6) is 11.5 Å². The molecule has 0 saturated heterocycles. The molecule has 3 aromatic carbocycles. The molecule has 1 unspecified atom stereocenters. The Kier molecular flexibility index (Phi) is 6.60. The molecule has 4 rings (SSSR count). The van der Waals surface area contributed by atoms with E-state index in [4.69, 9.17) is 9.47 Å². The third-order valence-electron chi connectivity index (χ3n) is 5.40. The van der Waals surface area contributed by atoms with Crippen molar-refractivity contribution < 1.29 is 14.3 Å². The van der Waals surface area contributed by atoms with Crippen molar-refractivity contribution in [2.24, 2.45) is 0 Å². The summed E-state index contributed by atoms with van der Waals surface area (Å²) in [5.74, 6) is 1.56. The Labute approximate surface area is 189 Å². The van der Waals surface area contributed by atoms with E-state index in [9.17, 15) is 4.79 Å². The van der Waals surface area contributed by atoms with E-state index in [0.29, 0.717) is 12.2 Å². The third-order valence-corrected chi connectivity index (χ3v) is 5.40. The topological polar surface area (TPSA) is 47.6 Å². The maximum atomic E-state index is 13.5. The predicted molar refractivity (Wildman–Crippen MR) is 129 cm³/mol. The van der Waals surface area contributed by atoms with Crippen LogP contribution in [-0.4, -0.2) is 18.6 Å². The Balaban J connectivity index is 1.63. The molecule has 0 bridgehead atoms. The minimum atomic E-state index is -0.0990. The Hall–Kier alpha value is -3.53. The molecule has 0 aliphatic carbocycles. The average Bonchev–Trinajstić information content (AvgIpc) is 2.79. The summed E-state index contributed by atoms with van der Waals surface area (Å²) in [5, 5.41) is 3.25. The fourth-order valence-corrected chi connectivity index (χ4v) is 3.88. The highest BCUT2D eigenvalue weighted by atomic mass is 16.5. The molecular formula is C28H29NO3. The molecule has 0 aromatic heterocycles. The van der Waals surface area contributed by atoms with Crippen LogP contribution in [0.3, 0.4) is 0 Å². The van der Waals surface area contributed by atoms with E-state index < -0.39 is 0 Å². The number of aryl methyl sites for hydroxylation is 1. The first-order valence-corrected chi connectivity index (χ1v) is 11.1. The van der Waals surface area contributed by atoms with Crippen molar-refractivity contribution in [1.82, 2.24) is 5.32 Å². The molecule has 0 fully saturated rings. The van der Waals surface area contributed by atoms with Crippen molar-refractivity contribution in [1.29, 1.82) is 0 Å². The Morgan fingerprint density at radius 2 is 1.81 bits per heavy atom. The van der Waals surface area contributed by atoms with Gasteiger partial charge in [-0.05, 0) is 56.2 Å². The van der Waals surface area contributed by atoms with Crippen LogP contribution < -0.4 is 14.8 Å². The molecule has 1 aliphatic rings. The molecule has 0 saturated carbocycles. The number of ether oxygens (including phenoxy) is 2. The Morgan fingerprint density at radius 3 is 2.53 bits per heavy atom. The van der Waals surface area contributed by atoms with Crippen molar-refractivity contribution in [3.63, 3.8) is 0 Å². The zero-order valence-corrected chi connectivity index (χ0v) is 18.8. The summed E-state index contributed by atoms with van der Waals surface area (Å²) in [4.78, 5) is 13.5. The molecule has 1 atom stereocenters. The fraction of sp³-hybridized carbons (Fsp3) is 0.250. The van der Waals surface area contributed by atoms with Gasteiger partial charge in [-0.1, -0.05) is 60.2 Å². The van der Waals surface area contributed by atoms with Crippen LogP contribution in [0.15, 0.2) is 72.8 Å². The lowest BCUT2D eigenvalue weighted by Gasteiger charge is -2.27. The van der Waals surface area contributed by atoms with E-state index >= 15 is 0 Å². The summed E-state index contributed by atoms with van der Waals surface area (Å²) >= 11 is 0. The van der Waals surface area contributed by atoms with Crippen molar-refractivity contribution in [2.45, 2.75) is 39.3 Å². The number of carbonyl (C=O) groups excluding carboxylic acids is 1. The molecule has 4 heteroatoms. The summed E-state index contributed by atoms with van der Waals surface area (Å²) in [6.07, 6.45) is 2.79. The second kappa shape index (κ2) is 9.73. The van der Waals surface area contributed by atoms with Crippen LogP contribution in [0.1, 0.15) is 48.6 Å². The minimum absolute atomic E-state index is 0.0833. The fourth-order valence-electron chi connectivity index (χ4n) is 3.88. The Morgan fingerprint density at radius 1 is 1.06 bits per heavy atom. The zero-order valence-electron chi connectivity index (χ0n) is 18.8. The van der Waals surface area contributed by atoms with Crippen molar-refractivity contribution in [2.75, 3.05) is 6.61 Å². The van der Waals surface area contributed by atoms with Gasteiger partial charge in [0.2, 0.25) is 0 Å². The van der Waals surface area contributed by atoms with Crippen molar-refractivity contribution >= 4 is 17.6 Å². The van der Waals surface area contributed by atoms with E-state index in [1.165, 1.54) is 0 Å². The molecule has 0 spiro atoms. The van der Waals surface area contributed by atoms with Gasteiger partial charge in [-0.15, -0.1) is 0 Å². The number of fused-ring (bicyclic) bond motifs is 1. The third kappa shape index (κ3) is 5.20. The smallest absolute Gasteiger partial charge is 0.252 e. The molecule has 164 valence electrons. The zero-order chi connectivity index (χ0) is 22.5. The average molecular weight is 428 g/mol. The maximum Gasteiger partial charge on any atom is 0.252 e. The van der Waals surface area contributed by atoms with Gasteiger partial charge in [0.25, 0.3) is 5.91 Å². The van der Waals surface area contributed by atoms with Crippen molar-refractivity contribution in [3.05, 3.63) is 95.1 Å². The number of nitrogens with one attached hydrogen (secondary N) is 1. The molecule has 1 heterocycles. The van der Waals surface area contributed by atoms with E-state index in [-0.39, 0.29) is 18.1 Å². The highest BCUT2D eigenvalue weighted by Gasteiger charge is 2.24. The summed E-state index contributed by atoms with van der Waals surface area (Å²) < 4.78 is 11.5. The second-order valence-electron chi connectivity index (χ2n) is 8.36. The van der Waals surface area contributed by atoms with Gasteiger partial charge in [0.1, 0.15) is 11.5 Å². The molecule has 4 nitrogen and oxygen atoms in total. The number of benzene rings is 3. The molecule has 1 aliphatic heterocycles. The summed E-state index contributed by atoms with van der Waals surface area (Å²) in [6.45, 7) is 6.64. The van der Waals surface area contributed by atoms with Crippen LogP contribution >= 0.6 is 0 Å². The van der Waals surface area contributed by atoms with Gasteiger partial charge in [0.15, 0.2) is 0 Å². The lowest BCUT2D eigenvalue weighted by Crippen LogP contribution is -2.32. The number of hydrogen-bond acceptors (Lipinski definition) is 3. The predicted octanol–water partition coefficient (Wildman–Crippen LogP) is 5.96. The first-order chi connectivity index (χ1) is 15.5. The lowest BCUT2D eigenvalue weighted by atomic mass is 9.97. The number of carbonyl (C=O) groups is 1. The highest BCUT2D eigenvalue weighted by Crippen LogP contribution is 2.33. The largest absolute Gasteiger partial charge is 0.493 e. The maximum absolute atomic E-state index is 13.5. The van der Waals surface area contributed by atoms with Crippen LogP contribution in [0.4, 0.5) is 0 Å². The van der Waals surface area contributed by atoms with Crippen molar-refractivity contribution in [3.8, 4) is 11.5 Å². The first kappa shape index (κ1) is 21.7. The lowest BCUT2D eigenvalue weighted by molar-refractivity contribution is -0.116.